The Balaban J connectivity index is 2.14. The van der Waals surface area contributed by atoms with E-state index in [9.17, 15) is 13.5 Å². The van der Waals surface area contributed by atoms with Gasteiger partial charge in [-0.05, 0) is 43.7 Å². The van der Waals surface area contributed by atoms with Crippen LogP contribution in [0.2, 0.25) is 0 Å². The van der Waals surface area contributed by atoms with Crippen LogP contribution in [0.5, 0.6) is 5.75 Å². The zero-order valence-corrected chi connectivity index (χ0v) is 12.6. The lowest BCUT2D eigenvalue weighted by atomic mass is 10.1. The lowest BCUT2D eigenvalue weighted by molar-refractivity contribution is 0.474. The van der Waals surface area contributed by atoms with E-state index in [0.717, 1.165) is 11.1 Å². The van der Waals surface area contributed by atoms with Crippen LogP contribution in [0.15, 0.2) is 52.5 Å². The molecule has 0 aliphatic carbocycles. The Bertz CT molecular complexity index is 766. The standard InChI is InChI=1S/C15H16N2O3S/c1-11-4-7-14(8-5-11)21(19,20)17-16-10-13-6-3-12(2)9-15(13)18/h3-10,17-18H,1-2H3/b16-10+. The zero-order valence-electron chi connectivity index (χ0n) is 11.7. The van der Waals surface area contributed by atoms with Crippen molar-refractivity contribution in [2.75, 3.05) is 0 Å². The summed E-state index contributed by atoms with van der Waals surface area (Å²) >= 11 is 0. The van der Waals surface area contributed by atoms with Crippen molar-refractivity contribution in [1.82, 2.24) is 4.83 Å². The van der Waals surface area contributed by atoms with Gasteiger partial charge in [-0.15, -0.1) is 0 Å². The van der Waals surface area contributed by atoms with Gasteiger partial charge in [-0.3, -0.25) is 0 Å². The van der Waals surface area contributed by atoms with Gasteiger partial charge in [-0.1, -0.05) is 23.8 Å². The minimum Gasteiger partial charge on any atom is -0.507 e. The van der Waals surface area contributed by atoms with Crippen molar-refractivity contribution in [1.29, 1.82) is 0 Å². The third-order valence-corrected chi connectivity index (χ3v) is 4.13. The highest BCUT2D eigenvalue weighted by Gasteiger charge is 2.11. The fraction of sp³-hybridized carbons (Fsp3) is 0.133. The molecule has 0 saturated carbocycles. The third kappa shape index (κ3) is 3.82. The molecule has 0 fully saturated rings. The molecule has 0 aliphatic heterocycles. The first-order valence-electron chi connectivity index (χ1n) is 6.30. The summed E-state index contributed by atoms with van der Waals surface area (Å²) in [5.74, 6) is 0.0493. The summed E-state index contributed by atoms with van der Waals surface area (Å²) in [7, 11) is -3.70. The van der Waals surface area contributed by atoms with Crippen LogP contribution in [-0.2, 0) is 10.0 Å². The molecule has 0 aromatic heterocycles. The normalized spacial score (nSPS) is 11.7. The number of aryl methyl sites for hydroxylation is 2. The van der Waals surface area contributed by atoms with Crippen molar-refractivity contribution in [2.24, 2.45) is 5.10 Å². The van der Waals surface area contributed by atoms with Gasteiger partial charge in [0, 0.05) is 5.56 Å². The molecule has 0 spiro atoms. The molecule has 2 aromatic rings. The second kappa shape index (κ2) is 5.97. The highest BCUT2D eigenvalue weighted by molar-refractivity contribution is 7.89. The van der Waals surface area contributed by atoms with Gasteiger partial charge in [0.1, 0.15) is 5.75 Å². The number of rotatable bonds is 4. The Hall–Kier alpha value is -2.34. The summed E-state index contributed by atoms with van der Waals surface area (Å²) in [5.41, 5.74) is 2.32. The van der Waals surface area contributed by atoms with E-state index in [0.29, 0.717) is 5.56 Å². The zero-order chi connectivity index (χ0) is 15.5. The first-order valence-corrected chi connectivity index (χ1v) is 7.78. The number of hydrogen-bond donors (Lipinski definition) is 2. The predicted molar refractivity (Wildman–Crippen MR) is 81.9 cm³/mol. The number of hydrazone groups is 1. The number of aromatic hydroxyl groups is 1. The van der Waals surface area contributed by atoms with Crippen LogP contribution < -0.4 is 4.83 Å². The Morgan fingerprint density at radius 1 is 1.05 bits per heavy atom. The molecule has 0 atom stereocenters. The predicted octanol–water partition coefficient (Wildman–Crippen LogP) is 2.32. The minimum atomic E-state index is -3.70. The molecule has 2 N–H and O–H groups in total. The van der Waals surface area contributed by atoms with E-state index in [2.05, 4.69) is 9.93 Å². The van der Waals surface area contributed by atoms with Crippen molar-refractivity contribution in [3.63, 3.8) is 0 Å². The fourth-order valence-corrected chi connectivity index (χ4v) is 2.49. The molecule has 0 unspecified atom stereocenters. The molecule has 0 saturated heterocycles. The van der Waals surface area contributed by atoms with Gasteiger partial charge in [0.25, 0.3) is 10.0 Å². The van der Waals surface area contributed by atoms with Crippen molar-refractivity contribution < 1.29 is 13.5 Å². The van der Waals surface area contributed by atoms with E-state index in [1.165, 1.54) is 18.3 Å². The Morgan fingerprint density at radius 2 is 1.67 bits per heavy atom. The van der Waals surface area contributed by atoms with Crippen LogP contribution in [-0.4, -0.2) is 19.7 Å². The van der Waals surface area contributed by atoms with E-state index in [4.69, 9.17) is 0 Å². The van der Waals surface area contributed by atoms with Crippen LogP contribution in [0.4, 0.5) is 0 Å². The molecular weight excluding hydrogens is 288 g/mol. The van der Waals surface area contributed by atoms with Crippen LogP contribution in [0.25, 0.3) is 0 Å². The molecule has 2 rings (SSSR count). The summed E-state index contributed by atoms with van der Waals surface area (Å²) in [6.07, 6.45) is 1.26. The van der Waals surface area contributed by atoms with Gasteiger partial charge in [-0.25, -0.2) is 4.83 Å². The molecule has 0 heterocycles. The van der Waals surface area contributed by atoms with Crippen LogP contribution >= 0.6 is 0 Å². The molecule has 6 heteroatoms. The average molecular weight is 304 g/mol. The monoisotopic (exact) mass is 304 g/mol. The van der Waals surface area contributed by atoms with Gasteiger partial charge in [0.2, 0.25) is 0 Å². The number of sulfonamides is 1. The van der Waals surface area contributed by atoms with Gasteiger partial charge >= 0.3 is 0 Å². The Morgan fingerprint density at radius 3 is 2.29 bits per heavy atom. The maximum absolute atomic E-state index is 12.0. The first kappa shape index (κ1) is 15.1. The van der Waals surface area contributed by atoms with Crippen molar-refractivity contribution in [2.45, 2.75) is 18.7 Å². The van der Waals surface area contributed by atoms with Gasteiger partial charge < -0.3 is 5.11 Å². The first-order chi connectivity index (χ1) is 9.88. The minimum absolute atomic E-state index is 0.0493. The van der Waals surface area contributed by atoms with E-state index < -0.39 is 10.0 Å². The van der Waals surface area contributed by atoms with Crippen LogP contribution in [0, 0.1) is 13.8 Å². The van der Waals surface area contributed by atoms with E-state index in [1.54, 1.807) is 30.3 Å². The third-order valence-electron chi connectivity index (χ3n) is 2.89. The second-order valence-electron chi connectivity index (χ2n) is 4.73. The van der Waals surface area contributed by atoms with Crippen molar-refractivity contribution >= 4 is 16.2 Å². The largest absolute Gasteiger partial charge is 0.507 e. The quantitative estimate of drug-likeness (QED) is 0.672. The lowest BCUT2D eigenvalue weighted by Crippen LogP contribution is -2.18. The average Bonchev–Trinajstić information content (AvgIpc) is 2.41. The molecule has 0 bridgehead atoms. The SMILES string of the molecule is Cc1ccc(S(=O)(=O)N/N=C/c2ccc(C)cc2O)cc1. The summed E-state index contributed by atoms with van der Waals surface area (Å²) in [6, 6.07) is 11.5. The van der Waals surface area contributed by atoms with Crippen molar-refractivity contribution in [3.8, 4) is 5.75 Å². The van der Waals surface area contributed by atoms with Gasteiger partial charge in [-0.2, -0.15) is 13.5 Å². The smallest absolute Gasteiger partial charge is 0.276 e. The highest BCUT2D eigenvalue weighted by atomic mass is 32.2. The topological polar surface area (TPSA) is 78.8 Å². The molecule has 0 amide bonds. The summed E-state index contributed by atoms with van der Waals surface area (Å²) < 4.78 is 24.0. The number of nitrogens with one attached hydrogen (secondary N) is 1. The lowest BCUT2D eigenvalue weighted by Gasteiger charge is -2.04. The summed E-state index contributed by atoms with van der Waals surface area (Å²) in [5, 5.41) is 13.4. The second-order valence-corrected chi connectivity index (χ2v) is 6.39. The Kier molecular flexibility index (Phi) is 4.28. The molecule has 0 radical (unpaired) electrons. The number of benzene rings is 2. The van der Waals surface area contributed by atoms with E-state index in [1.807, 2.05) is 13.8 Å². The van der Waals surface area contributed by atoms with E-state index in [-0.39, 0.29) is 10.6 Å². The molecule has 5 nitrogen and oxygen atoms in total. The number of phenolic OH excluding ortho intramolecular Hbond substituents is 1. The summed E-state index contributed by atoms with van der Waals surface area (Å²) in [6.45, 7) is 3.73. The van der Waals surface area contributed by atoms with Crippen LogP contribution in [0.1, 0.15) is 16.7 Å². The fourth-order valence-electron chi connectivity index (χ4n) is 1.70. The number of phenols is 1. The van der Waals surface area contributed by atoms with Crippen LogP contribution in [0.3, 0.4) is 0 Å². The maximum Gasteiger partial charge on any atom is 0.276 e. The number of hydrogen-bond acceptors (Lipinski definition) is 4. The Labute approximate surface area is 124 Å². The number of nitrogens with zero attached hydrogens (tertiary/aromatic N) is 1. The molecule has 2 aromatic carbocycles. The molecular formula is C15H16N2O3S. The summed E-state index contributed by atoms with van der Waals surface area (Å²) in [4.78, 5) is 2.25. The maximum atomic E-state index is 12.0. The molecule has 21 heavy (non-hydrogen) atoms. The van der Waals surface area contributed by atoms with Gasteiger partial charge in [0.15, 0.2) is 0 Å². The van der Waals surface area contributed by atoms with E-state index >= 15 is 0 Å². The molecule has 110 valence electrons. The molecule has 0 aliphatic rings. The highest BCUT2D eigenvalue weighted by Crippen LogP contribution is 2.16. The van der Waals surface area contributed by atoms with Gasteiger partial charge in [0.05, 0.1) is 11.1 Å². The van der Waals surface area contributed by atoms with Crippen molar-refractivity contribution in [3.05, 3.63) is 59.2 Å².